The van der Waals surface area contributed by atoms with Gasteiger partial charge < -0.3 is 10.8 Å². The molecule has 0 spiro atoms. The summed E-state index contributed by atoms with van der Waals surface area (Å²) in [6.07, 6.45) is 0. The summed E-state index contributed by atoms with van der Waals surface area (Å²) in [5.74, 6) is -0.479. The number of nitrogens with one attached hydrogen (secondary N) is 1. The second kappa shape index (κ2) is 5.40. The molecule has 4 N–H and O–H groups in total. The summed E-state index contributed by atoms with van der Waals surface area (Å²) < 4.78 is 26.5. The molecule has 20 heavy (non-hydrogen) atoms. The number of anilines is 2. The average molecular weight is 333 g/mol. The van der Waals surface area contributed by atoms with Crippen LogP contribution in [0, 0.1) is 0 Å². The molecule has 0 saturated heterocycles. The van der Waals surface area contributed by atoms with E-state index in [0.717, 1.165) is 0 Å². The normalized spacial score (nSPS) is 11.3. The Morgan fingerprint density at radius 2 is 1.75 bits per heavy atom. The summed E-state index contributed by atoms with van der Waals surface area (Å²) in [7, 11) is -3.85. The van der Waals surface area contributed by atoms with Gasteiger partial charge in [-0.3, -0.25) is 4.72 Å². The molecule has 0 fully saturated rings. The zero-order valence-electron chi connectivity index (χ0n) is 9.97. The lowest BCUT2D eigenvalue weighted by Gasteiger charge is -2.12. The van der Waals surface area contributed by atoms with Crippen molar-refractivity contribution in [3.8, 4) is 5.75 Å². The van der Waals surface area contributed by atoms with E-state index < -0.39 is 15.8 Å². The van der Waals surface area contributed by atoms with E-state index in [1.165, 1.54) is 18.2 Å². The Bertz CT molecular complexity index is 749. The quantitative estimate of drug-likeness (QED) is 0.594. The summed E-state index contributed by atoms with van der Waals surface area (Å²) in [5, 5.41) is 9.65. The largest absolute Gasteiger partial charge is 0.504 e. The van der Waals surface area contributed by atoms with Gasteiger partial charge in [0.25, 0.3) is 10.0 Å². The molecule has 0 aliphatic heterocycles. The lowest BCUT2D eigenvalue weighted by Crippen LogP contribution is -2.13. The maximum Gasteiger partial charge on any atom is 0.262 e. The van der Waals surface area contributed by atoms with Crippen molar-refractivity contribution in [3.05, 3.63) is 46.4 Å². The molecule has 0 aliphatic carbocycles. The van der Waals surface area contributed by atoms with Crippen molar-refractivity contribution in [2.75, 3.05) is 10.5 Å². The maximum absolute atomic E-state index is 12.1. The van der Waals surface area contributed by atoms with Gasteiger partial charge in [0.1, 0.15) is 5.02 Å². The Balaban J connectivity index is 2.46. The topological polar surface area (TPSA) is 92.4 Å². The number of hydrogen-bond donors (Lipinski definition) is 3. The number of nitrogens with two attached hydrogens (primary N) is 1. The molecule has 8 heteroatoms. The van der Waals surface area contributed by atoms with Crippen molar-refractivity contribution in [2.45, 2.75) is 4.90 Å². The molecule has 0 atom stereocenters. The van der Waals surface area contributed by atoms with Crippen LogP contribution in [0.1, 0.15) is 0 Å². The number of phenolic OH excluding ortho intramolecular Hbond substituents is 1. The highest BCUT2D eigenvalue weighted by atomic mass is 35.5. The molecule has 0 saturated carbocycles. The number of nitrogen functional groups attached to an aromatic ring is 1. The predicted molar refractivity (Wildman–Crippen MR) is 79.8 cm³/mol. The first-order chi connectivity index (χ1) is 9.33. The van der Waals surface area contributed by atoms with Gasteiger partial charge in [-0.05, 0) is 18.2 Å². The number of benzene rings is 2. The predicted octanol–water partition coefficient (Wildman–Crippen LogP) is 3.08. The van der Waals surface area contributed by atoms with Gasteiger partial charge in [0.2, 0.25) is 0 Å². The highest BCUT2D eigenvalue weighted by Gasteiger charge is 2.19. The minimum atomic E-state index is -3.85. The minimum absolute atomic E-state index is 0.0199. The molecular formula is C12H10Cl2N2O3S. The van der Waals surface area contributed by atoms with Crippen molar-refractivity contribution in [1.29, 1.82) is 0 Å². The molecule has 0 bridgehead atoms. The van der Waals surface area contributed by atoms with Crippen LogP contribution in [-0.2, 0) is 10.0 Å². The molecule has 5 nitrogen and oxygen atoms in total. The fourth-order valence-corrected chi connectivity index (χ4v) is 3.04. The summed E-state index contributed by atoms with van der Waals surface area (Å²) in [6.45, 7) is 0. The van der Waals surface area contributed by atoms with E-state index in [4.69, 9.17) is 28.9 Å². The molecule has 0 aromatic heterocycles. The van der Waals surface area contributed by atoms with Gasteiger partial charge in [-0.1, -0.05) is 41.4 Å². The van der Waals surface area contributed by atoms with Gasteiger partial charge in [0.15, 0.2) is 5.75 Å². The third-order valence-corrected chi connectivity index (χ3v) is 4.60. The van der Waals surface area contributed by atoms with Gasteiger partial charge in [-0.2, -0.15) is 0 Å². The van der Waals surface area contributed by atoms with Crippen molar-refractivity contribution in [3.63, 3.8) is 0 Å². The van der Waals surface area contributed by atoms with Gasteiger partial charge in [-0.25, -0.2) is 8.42 Å². The van der Waals surface area contributed by atoms with Crippen molar-refractivity contribution in [1.82, 2.24) is 0 Å². The highest BCUT2D eigenvalue weighted by Crippen LogP contribution is 2.41. The third-order valence-electron chi connectivity index (χ3n) is 2.53. The van der Waals surface area contributed by atoms with E-state index in [0.29, 0.717) is 0 Å². The van der Waals surface area contributed by atoms with Crippen LogP contribution < -0.4 is 10.5 Å². The SMILES string of the molecule is Nc1c(Cl)cc(NS(=O)(=O)c2ccccc2)c(O)c1Cl. The Labute approximate surface area is 126 Å². The van der Waals surface area contributed by atoms with Crippen LogP contribution >= 0.6 is 23.2 Å². The van der Waals surface area contributed by atoms with Crippen LogP contribution in [0.3, 0.4) is 0 Å². The van der Waals surface area contributed by atoms with Crippen LogP contribution in [0.5, 0.6) is 5.75 Å². The zero-order valence-corrected chi connectivity index (χ0v) is 12.3. The monoisotopic (exact) mass is 332 g/mol. The van der Waals surface area contributed by atoms with E-state index in [1.807, 2.05) is 0 Å². The standard InChI is InChI=1S/C12H10Cl2N2O3S/c13-8-6-9(12(17)10(14)11(8)15)16-20(18,19)7-4-2-1-3-5-7/h1-6,16-17H,15H2. The minimum Gasteiger partial charge on any atom is -0.504 e. The summed E-state index contributed by atoms with van der Waals surface area (Å²) >= 11 is 11.6. The second-order valence-electron chi connectivity index (χ2n) is 3.90. The lowest BCUT2D eigenvalue weighted by molar-refractivity contribution is 0.478. The van der Waals surface area contributed by atoms with Crippen LogP contribution in [0.2, 0.25) is 10.0 Å². The fourth-order valence-electron chi connectivity index (χ4n) is 1.50. The molecular weight excluding hydrogens is 323 g/mol. The fraction of sp³-hybridized carbons (Fsp3) is 0. The first kappa shape index (κ1) is 14.8. The molecule has 0 aliphatic rings. The number of sulfonamides is 1. The molecule has 0 amide bonds. The first-order valence-electron chi connectivity index (χ1n) is 5.37. The Morgan fingerprint density at radius 3 is 2.35 bits per heavy atom. The number of rotatable bonds is 3. The van der Waals surface area contributed by atoms with Crippen molar-refractivity contribution < 1.29 is 13.5 Å². The van der Waals surface area contributed by atoms with Gasteiger partial charge in [0, 0.05) is 0 Å². The Morgan fingerprint density at radius 1 is 1.15 bits per heavy atom. The maximum atomic E-state index is 12.1. The van der Waals surface area contributed by atoms with Crippen molar-refractivity contribution in [2.24, 2.45) is 0 Å². The molecule has 0 unspecified atom stereocenters. The smallest absolute Gasteiger partial charge is 0.262 e. The second-order valence-corrected chi connectivity index (χ2v) is 6.37. The van der Waals surface area contributed by atoms with E-state index in [2.05, 4.69) is 4.72 Å². The van der Waals surface area contributed by atoms with Crippen molar-refractivity contribution >= 4 is 44.6 Å². The molecule has 0 heterocycles. The zero-order chi connectivity index (χ0) is 14.9. The first-order valence-corrected chi connectivity index (χ1v) is 7.61. The molecule has 2 aromatic carbocycles. The highest BCUT2D eigenvalue weighted by molar-refractivity contribution is 7.92. The summed E-state index contributed by atoms with van der Waals surface area (Å²) in [5.41, 5.74) is 5.36. The molecule has 2 aromatic rings. The van der Waals surface area contributed by atoms with E-state index in [9.17, 15) is 13.5 Å². The number of aromatic hydroxyl groups is 1. The van der Waals surface area contributed by atoms with Gasteiger partial charge >= 0.3 is 0 Å². The molecule has 0 radical (unpaired) electrons. The average Bonchev–Trinajstić information content (AvgIpc) is 2.43. The lowest BCUT2D eigenvalue weighted by atomic mass is 10.2. The Kier molecular flexibility index (Phi) is 3.99. The summed E-state index contributed by atoms with van der Waals surface area (Å²) in [4.78, 5) is 0.0449. The van der Waals surface area contributed by atoms with Crippen LogP contribution in [-0.4, -0.2) is 13.5 Å². The van der Waals surface area contributed by atoms with E-state index in [1.54, 1.807) is 18.2 Å². The molecule has 106 valence electrons. The van der Waals surface area contributed by atoms with E-state index in [-0.39, 0.29) is 26.3 Å². The number of phenols is 1. The van der Waals surface area contributed by atoms with Gasteiger partial charge in [-0.15, -0.1) is 0 Å². The van der Waals surface area contributed by atoms with Crippen LogP contribution in [0.25, 0.3) is 0 Å². The molecule has 2 rings (SSSR count). The summed E-state index contributed by atoms with van der Waals surface area (Å²) in [6, 6.07) is 8.88. The number of halogens is 2. The Hall–Kier alpha value is -1.63. The van der Waals surface area contributed by atoms with Crippen LogP contribution in [0.15, 0.2) is 41.3 Å². The third kappa shape index (κ3) is 2.77. The van der Waals surface area contributed by atoms with E-state index >= 15 is 0 Å². The van der Waals surface area contributed by atoms with Crippen LogP contribution in [0.4, 0.5) is 11.4 Å². The van der Waals surface area contributed by atoms with Gasteiger partial charge in [0.05, 0.1) is 21.3 Å². The number of hydrogen-bond acceptors (Lipinski definition) is 4.